The van der Waals surface area contributed by atoms with Crippen LogP contribution >= 0.6 is 0 Å². The molecule has 4 nitrogen and oxygen atoms in total. The fourth-order valence-electron chi connectivity index (χ4n) is 3.19. The molecule has 3 rings (SSSR count). The van der Waals surface area contributed by atoms with Crippen LogP contribution in [0.15, 0.2) is 48.5 Å². The van der Waals surface area contributed by atoms with E-state index < -0.39 is 0 Å². The molecule has 0 unspecified atom stereocenters. The quantitative estimate of drug-likeness (QED) is 0.791. The Kier molecular flexibility index (Phi) is 6.07. The zero-order valence-corrected chi connectivity index (χ0v) is 14.6. The van der Waals surface area contributed by atoms with Crippen LogP contribution in [0.1, 0.15) is 18.5 Å². The van der Waals surface area contributed by atoms with E-state index in [4.69, 9.17) is 0 Å². The highest BCUT2D eigenvalue weighted by Gasteiger charge is 2.16. The lowest BCUT2D eigenvalue weighted by Crippen LogP contribution is -2.46. The lowest BCUT2D eigenvalue weighted by atomic mass is 10.2. The number of pyridine rings is 1. The lowest BCUT2D eigenvalue weighted by Gasteiger charge is -2.36. The van der Waals surface area contributed by atoms with Gasteiger partial charge in [0.2, 0.25) is 0 Å². The molecule has 0 radical (unpaired) electrons. The van der Waals surface area contributed by atoms with Gasteiger partial charge >= 0.3 is 0 Å². The van der Waals surface area contributed by atoms with Crippen molar-refractivity contribution < 1.29 is 0 Å². The molecule has 24 heavy (non-hydrogen) atoms. The van der Waals surface area contributed by atoms with Crippen LogP contribution in [0.5, 0.6) is 0 Å². The Bertz CT molecular complexity index is 606. The van der Waals surface area contributed by atoms with Gasteiger partial charge in [-0.2, -0.15) is 0 Å². The molecule has 1 aliphatic heterocycles. The summed E-state index contributed by atoms with van der Waals surface area (Å²) < 4.78 is 0. The normalized spacial score (nSPS) is 15.5. The summed E-state index contributed by atoms with van der Waals surface area (Å²) >= 11 is 0. The third-order valence-corrected chi connectivity index (χ3v) is 4.59. The summed E-state index contributed by atoms with van der Waals surface area (Å²) in [6.45, 7) is 8.83. The maximum Gasteiger partial charge on any atom is 0.126 e. The number of aromatic nitrogens is 1. The van der Waals surface area contributed by atoms with Crippen molar-refractivity contribution in [3.8, 4) is 0 Å². The van der Waals surface area contributed by atoms with Crippen molar-refractivity contribution >= 4 is 11.5 Å². The number of hydrogen-bond donors (Lipinski definition) is 1. The van der Waals surface area contributed by atoms with Crippen molar-refractivity contribution in [3.05, 3.63) is 54.2 Å². The molecule has 2 aromatic rings. The standard InChI is InChI=1S/C20H28N4/c1-18-8-7-11-20(22-18)21-12-5-6-13-23-14-16-24(17-15-23)19-9-3-2-4-10-19/h2-4,7-11H,5-6,12-17H2,1H3,(H,21,22). The van der Waals surface area contributed by atoms with Gasteiger partial charge in [-0.05, 0) is 50.6 Å². The predicted molar refractivity (Wildman–Crippen MR) is 102 cm³/mol. The molecule has 1 aliphatic rings. The van der Waals surface area contributed by atoms with Gasteiger partial charge in [-0.15, -0.1) is 0 Å². The summed E-state index contributed by atoms with van der Waals surface area (Å²) in [6.07, 6.45) is 2.43. The number of piperazine rings is 1. The predicted octanol–water partition coefficient (Wildman–Crippen LogP) is 3.40. The number of para-hydroxylation sites is 1. The summed E-state index contributed by atoms with van der Waals surface area (Å²) in [5.74, 6) is 0.992. The Morgan fingerprint density at radius 2 is 1.71 bits per heavy atom. The van der Waals surface area contributed by atoms with E-state index in [1.54, 1.807) is 0 Å². The molecule has 4 heteroatoms. The highest BCUT2D eigenvalue weighted by Crippen LogP contribution is 2.15. The van der Waals surface area contributed by atoms with E-state index in [-0.39, 0.29) is 0 Å². The average Bonchev–Trinajstić information content (AvgIpc) is 2.63. The molecule has 2 heterocycles. The fraction of sp³-hybridized carbons (Fsp3) is 0.450. The molecule has 1 aromatic carbocycles. The van der Waals surface area contributed by atoms with Gasteiger partial charge in [0.1, 0.15) is 5.82 Å². The van der Waals surface area contributed by atoms with E-state index in [1.165, 1.54) is 38.2 Å². The van der Waals surface area contributed by atoms with Gasteiger partial charge in [-0.3, -0.25) is 4.90 Å². The van der Waals surface area contributed by atoms with Crippen molar-refractivity contribution in [3.63, 3.8) is 0 Å². The van der Waals surface area contributed by atoms with Crippen LogP contribution in [-0.2, 0) is 0 Å². The van der Waals surface area contributed by atoms with E-state index in [0.717, 1.165) is 31.1 Å². The van der Waals surface area contributed by atoms with E-state index in [1.807, 2.05) is 19.1 Å². The number of hydrogen-bond acceptors (Lipinski definition) is 4. The summed E-state index contributed by atoms with van der Waals surface area (Å²) in [5, 5.41) is 3.41. The first kappa shape index (κ1) is 16.8. The first-order valence-electron chi connectivity index (χ1n) is 9.01. The van der Waals surface area contributed by atoms with Gasteiger partial charge in [-0.1, -0.05) is 24.3 Å². The third kappa shape index (κ3) is 4.96. The van der Waals surface area contributed by atoms with Gasteiger partial charge in [0.05, 0.1) is 0 Å². The van der Waals surface area contributed by atoms with Crippen molar-refractivity contribution in [1.29, 1.82) is 0 Å². The summed E-state index contributed by atoms with van der Waals surface area (Å²) in [7, 11) is 0. The zero-order valence-electron chi connectivity index (χ0n) is 14.6. The molecule has 1 fully saturated rings. The molecular weight excluding hydrogens is 296 g/mol. The highest BCUT2D eigenvalue weighted by molar-refractivity contribution is 5.46. The van der Waals surface area contributed by atoms with Crippen LogP contribution in [0, 0.1) is 6.92 Å². The van der Waals surface area contributed by atoms with Gasteiger partial charge in [0.25, 0.3) is 0 Å². The van der Waals surface area contributed by atoms with Gasteiger partial charge in [-0.25, -0.2) is 4.98 Å². The second kappa shape index (κ2) is 8.69. The largest absolute Gasteiger partial charge is 0.370 e. The molecule has 1 N–H and O–H groups in total. The lowest BCUT2D eigenvalue weighted by molar-refractivity contribution is 0.254. The Hall–Kier alpha value is -2.07. The van der Waals surface area contributed by atoms with Crippen molar-refractivity contribution in [2.24, 2.45) is 0 Å². The smallest absolute Gasteiger partial charge is 0.126 e. The molecule has 0 bridgehead atoms. The minimum atomic E-state index is 0.992. The first-order valence-corrected chi connectivity index (χ1v) is 9.01. The van der Waals surface area contributed by atoms with Crippen LogP contribution in [0.25, 0.3) is 0 Å². The van der Waals surface area contributed by atoms with Crippen molar-refractivity contribution in [2.45, 2.75) is 19.8 Å². The minimum Gasteiger partial charge on any atom is -0.370 e. The van der Waals surface area contributed by atoms with E-state index in [2.05, 4.69) is 56.5 Å². The zero-order chi connectivity index (χ0) is 16.6. The number of benzene rings is 1. The van der Waals surface area contributed by atoms with Crippen LogP contribution in [0.3, 0.4) is 0 Å². The molecule has 0 atom stereocenters. The summed E-state index contributed by atoms with van der Waals surface area (Å²) in [4.78, 5) is 9.55. The minimum absolute atomic E-state index is 0.992. The number of rotatable bonds is 7. The van der Waals surface area contributed by atoms with Crippen molar-refractivity contribution in [2.75, 3.05) is 49.5 Å². The third-order valence-electron chi connectivity index (χ3n) is 4.59. The fourth-order valence-corrected chi connectivity index (χ4v) is 3.19. The molecule has 0 saturated carbocycles. The molecule has 1 saturated heterocycles. The molecule has 0 amide bonds. The Labute approximate surface area is 145 Å². The number of aryl methyl sites for hydroxylation is 1. The number of nitrogens with zero attached hydrogens (tertiary/aromatic N) is 3. The molecular formula is C20H28N4. The monoisotopic (exact) mass is 324 g/mol. The summed E-state index contributed by atoms with van der Waals surface area (Å²) in [5.41, 5.74) is 2.42. The first-order chi connectivity index (χ1) is 11.8. The van der Waals surface area contributed by atoms with Crippen LogP contribution < -0.4 is 10.2 Å². The Morgan fingerprint density at radius 3 is 2.46 bits per heavy atom. The molecule has 0 aliphatic carbocycles. The van der Waals surface area contributed by atoms with E-state index in [9.17, 15) is 0 Å². The second-order valence-corrected chi connectivity index (χ2v) is 6.46. The van der Waals surface area contributed by atoms with Crippen molar-refractivity contribution in [1.82, 2.24) is 9.88 Å². The Balaban J connectivity index is 1.30. The number of unbranched alkanes of at least 4 members (excludes halogenated alkanes) is 1. The summed E-state index contributed by atoms with van der Waals surface area (Å²) in [6, 6.07) is 16.9. The van der Waals surface area contributed by atoms with Crippen LogP contribution in [0.2, 0.25) is 0 Å². The second-order valence-electron chi connectivity index (χ2n) is 6.46. The topological polar surface area (TPSA) is 31.4 Å². The molecule has 0 spiro atoms. The van der Waals surface area contributed by atoms with E-state index >= 15 is 0 Å². The Morgan fingerprint density at radius 1 is 0.917 bits per heavy atom. The molecule has 128 valence electrons. The maximum atomic E-state index is 4.47. The number of nitrogens with one attached hydrogen (secondary N) is 1. The average molecular weight is 324 g/mol. The molecule has 1 aromatic heterocycles. The van der Waals surface area contributed by atoms with Gasteiger partial charge < -0.3 is 10.2 Å². The SMILES string of the molecule is Cc1cccc(NCCCCN2CCN(c3ccccc3)CC2)n1. The number of anilines is 2. The van der Waals surface area contributed by atoms with Crippen LogP contribution in [0.4, 0.5) is 11.5 Å². The maximum absolute atomic E-state index is 4.47. The highest BCUT2D eigenvalue weighted by atomic mass is 15.3. The van der Waals surface area contributed by atoms with E-state index in [0.29, 0.717) is 0 Å². The van der Waals surface area contributed by atoms with Crippen LogP contribution in [-0.4, -0.2) is 49.2 Å². The van der Waals surface area contributed by atoms with Gasteiger partial charge in [0, 0.05) is 44.1 Å². The van der Waals surface area contributed by atoms with Gasteiger partial charge in [0.15, 0.2) is 0 Å².